The number of hydrogen-bond donors (Lipinski definition) is 1. The van der Waals surface area contributed by atoms with Crippen LogP contribution in [0.1, 0.15) is 12.5 Å². The van der Waals surface area contributed by atoms with E-state index in [-0.39, 0.29) is 11.2 Å². The van der Waals surface area contributed by atoms with E-state index in [1.165, 1.54) is 11.8 Å². The summed E-state index contributed by atoms with van der Waals surface area (Å²) in [6, 6.07) is 14.8. The van der Waals surface area contributed by atoms with Crippen LogP contribution in [0.3, 0.4) is 0 Å². The number of rotatable bonds is 6. The Morgan fingerprint density at radius 3 is 2.48 bits per heavy atom. The minimum Gasteiger partial charge on any atom is -0.497 e. The van der Waals surface area contributed by atoms with Crippen LogP contribution < -0.4 is 10.2 Å². The molecule has 0 spiro atoms. The molecular weight excluding hydrogens is 332 g/mol. The molecule has 0 aliphatic rings. The highest BCUT2D eigenvalue weighted by molar-refractivity contribution is 8.00. The largest absolute Gasteiger partial charge is 0.497 e. The van der Waals surface area contributed by atoms with Gasteiger partial charge in [-0.05, 0) is 61.0 Å². The van der Waals surface area contributed by atoms with E-state index in [2.05, 4.69) is 10.5 Å². The topological polar surface area (TPSA) is 50.7 Å². The fraction of sp³-hybridized carbons (Fsp3) is 0.176. The molecule has 0 heterocycles. The highest BCUT2D eigenvalue weighted by atomic mass is 35.5. The molecule has 0 aliphatic carbocycles. The lowest BCUT2D eigenvalue weighted by Gasteiger charge is -2.09. The molecule has 120 valence electrons. The monoisotopic (exact) mass is 348 g/mol. The Bertz CT molecular complexity index is 672. The van der Waals surface area contributed by atoms with Crippen molar-refractivity contribution in [3.63, 3.8) is 0 Å². The number of halogens is 1. The van der Waals surface area contributed by atoms with Crippen LogP contribution in [0.4, 0.5) is 0 Å². The minimum atomic E-state index is -0.260. The van der Waals surface area contributed by atoms with Crippen LogP contribution in [0.25, 0.3) is 0 Å². The van der Waals surface area contributed by atoms with Gasteiger partial charge >= 0.3 is 0 Å². The van der Waals surface area contributed by atoms with Gasteiger partial charge in [0.1, 0.15) is 5.75 Å². The summed E-state index contributed by atoms with van der Waals surface area (Å²) in [6.45, 7) is 1.83. The molecule has 1 N–H and O–H groups in total. The van der Waals surface area contributed by atoms with Crippen LogP contribution in [0.5, 0.6) is 5.75 Å². The molecule has 0 saturated heterocycles. The highest BCUT2D eigenvalue weighted by Crippen LogP contribution is 2.24. The summed E-state index contributed by atoms with van der Waals surface area (Å²) >= 11 is 7.29. The van der Waals surface area contributed by atoms with E-state index in [9.17, 15) is 4.79 Å². The van der Waals surface area contributed by atoms with E-state index in [1.807, 2.05) is 43.3 Å². The maximum absolute atomic E-state index is 12.0. The second-order valence-electron chi connectivity index (χ2n) is 4.72. The maximum Gasteiger partial charge on any atom is 0.253 e. The average Bonchev–Trinajstić information content (AvgIpc) is 2.57. The van der Waals surface area contributed by atoms with Crippen LogP contribution in [-0.4, -0.2) is 24.5 Å². The molecule has 2 aromatic carbocycles. The number of thioether (sulfide) groups is 1. The average molecular weight is 349 g/mol. The molecule has 1 amide bonds. The molecule has 0 saturated carbocycles. The summed E-state index contributed by atoms with van der Waals surface area (Å²) < 4.78 is 5.08. The van der Waals surface area contributed by atoms with Crippen LogP contribution >= 0.6 is 23.4 Å². The van der Waals surface area contributed by atoms with Gasteiger partial charge < -0.3 is 4.74 Å². The predicted molar refractivity (Wildman–Crippen MR) is 95.5 cm³/mol. The van der Waals surface area contributed by atoms with Gasteiger partial charge in [0.05, 0.1) is 18.6 Å². The number of benzene rings is 2. The van der Waals surface area contributed by atoms with Crippen LogP contribution in [0.2, 0.25) is 5.02 Å². The lowest BCUT2D eigenvalue weighted by Crippen LogP contribution is -2.26. The molecule has 2 rings (SSSR count). The Kier molecular flexibility index (Phi) is 6.50. The zero-order chi connectivity index (χ0) is 16.7. The van der Waals surface area contributed by atoms with E-state index in [1.54, 1.807) is 25.5 Å². The Labute approximate surface area is 144 Å². The molecule has 0 radical (unpaired) electrons. The molecule has 0 unspecified atom stereocenters. The minimum absolute atomic E-state index is 0.158. The second-order valence-corrected chi connectivity index (χ2v) is 6.57. The van der Waals surface area contributed by atoms with Crippen molar-refractivity contribution in [1.82, 2.24) is 5.43 Å². The van der Waals surface area contributed by atoms with Gasteiger partial charge in [0, 0.05) is 9.92 Å². The Morgan fingerprint density at radius 2 is 1.87 bits per heavy atom. The van der Waals surface area contributed by atoms with Crippen molar-refractivity contribution in [3.05, 3.63) is 59.1 Å². The number of methoxy groups -OCH3 is 1. The lowest BCUT2D eigenvalue weighted by atomic mass is 10.2. The second kappa shape index (κ2) is 8.60. The van der Waals surface area contributed by atoms with E-state index < -0.39 is 0 Å². The van der Waals surface area contributed by atoms with Crippen molar-refractivity contribution in [2.45, 2.75) is 17.1 Å². The zero-order valence-corrected chi connectivity index (χ0v) is 14.4. The number of nitrogens with zero attached hydrogens (tertiary/aromatic N) is 1. The first-order valence-corrected chi connectivity index (χ1v) is 8.23. The van der Waals surface area contributed by atoms with Gasteiger partial charge in [0.15, 0.2) is 0 Å². The van der Waals surface area contributed by atoms with Crippen molar-refractivity contribution in [2.75, 3.05) is 7.11 Å². The third-order valence-corrected chi connectivity index (χ3v) is 4.36. The van der Waals surface area contributed by atoms with E-state index in [4.69, 9.17) is 16.3 Å². The van der Waals surface area contributed by atoms with E-state index in [0.717, 1.165) is 16.2 Å². The molecule has 6 heteroatoms. The normalized spacial score (nSPS) is 12.1. The molecule has 0 aliphatic heterocycles. The van der Waals surface area contributed by atoms with Gasteiger partial charge in [0.25, 0.3) is 5.91 Å². The zero-order valence-electron chi connectivity index (χ0n) is 12.8. The van der Waals surface area contributed by atoms with Crippen molar-refractivity contribution in [2.24, 2.45) is 5.10 Å². The Morgan fingerprint density at radius 1 is 1.22 bits per heavy atom. The molecule has 0 bridgehead atoms. The first kappa shape index (κ1) is 17.4. The first-order chi connectivity index (χ1) is 11.1. The number of hydrogen-bond acceptors (Lipinski definition) is 4. The maximum atomic E-state index is 12.0. The van der Waals surface area contributed by atoms with Crippen molar-refractivity contribution in [1.29, 1.82) is 0 Å². The summed E-state index contributed by atoms with van der Waals surface area (Å²) in [5, 5.41) is 4.39. The summed E-state index contributed by atoms with van der Waals surface area (Å²) in [6.07, 6.45) is 1.59. The van der Waals surface area contributed by atoms with E-state index >= 15 is 0 Å². The summed E-state index contributed by atoms with van der Waals surface area (Å²) in [7, 11) is 1.61. The molecule has 4 nitrogen and oxygen atoms in total. The third kappa shape index (κ3) is 5.62. The van der Waals surface area contributed by atoms with Gasteiger partial charge in [-0.25, -0.2) is 5.43 Å². The van der Waals surface area contributed by atoms with Crippen LogP contribution in [0, 0.1) is 0 Å². The van der Waals surface area contributed by atoms with Crippen molar-refractivity contribution >= 4 is 35.5 Å². The third-order valence-electron chi connectivity index (χ3n) is 3.00. The number of carbonyl (C=O) groups is 1. The van der Waals surface area contributed by atoms with Gasteiger partial charge in [-0.3, -0.25) is 4.79 Å². The Balaban J connectivity index is 1.85. The number of nitrogens with one attached hydrogen (secondary N) is 1. The first-order valence-electron chi connectivity index (χ1n) is 6.97. The number of carbonyl (C=O) groups excluding carboxylic acids is 1. The SMILES string of the molecule is COc1ccc(/C=N\NC(=O)[C@@H](C)Sc2ccc(Cl)cc2)cc1. The van der Waals surface area contributed by atoms with Gasteiger partial charge in [-0.1, -0.05) is 11.6 Å². The van der Waals surface area contributed by atoms with Gasteiger partial charge in [-0.2, -0.15) is 5.10 Å². The summed E-state index contributed by atoms with van der Waals surface area (Å²) in [5.41, 5.74) is 3.42. The van der Waals surface area contributed by atoms with Crippen molar-refractivity contribution < 1.29 is 9.53 Å². The quantitative estimate of drug-likeness (QED) is 0.488. The molecule has 0 aromatic heterocycles. The lowest BCUT2D eigenvalue weighted by molar-refractivity contribution is -0.120. The van der Waals surface area contributed by atoms with Gasteiger partial charge in [0.2, 0.25) is 0 Å². The smallest absolute Gasteiger partial charge is 0.253 e. The van der Waals surface area contributed by atoms with Crippen molar-refractivity contribution in [3.8, 4) is 5.75 Å². The highest BCUT2D eigenvalue weighted by Gasteiger charge is 2.13. The standard InChI is InChI=1S/C17H17ClN2O2S/c1-12(23-16-9-5-14(18)6-10-16)17(21)20-19-11-13-3-7-15(22-2)8-4-13/h3-12H,1-2H3,(H,20,21)/b19-11-/t12-/m1/s1. The molecule has 23 heavy (non-hydrogen) atoms. The number of ether oxygens (including phenoxy) is 1. The summed E-state index contributed by atoms with van der Waals surface area (Å²) in [5.74, 6) is 0.619. The summed E-state index contributed by atoms with van der Waals surface area (Å²) in [4.78, 5) is 13.0. The predicted octanol–water partition coefficient (Wildman–Crippen LogP) is 3.98. The number of hydrazone groups is 1. The molecular formula is C17H17ClN2O2S. The fourth-order valence-electron chi connectivity index (χ4n) is 1.72. The number of amides is 1. The molecule has 1 atom stereocenters. The van der Waals surface area contributed by atoms with Gasteiger partial charge in [-0.15, -0.1) is 11.8 Å². The Hall–Kier alpha value is -1.98. The van der Waals surface area contributed by atoms with E-state index in [0.29, 0.717) is 5.02 Å². The molecule has 2 aromatic rings. The fourth-order valence-corrected chi connectivity index (χ4v) is 2.71. The van der Waals surface area contributed by atoms with Crippen LogP contribution in [0.15, 0.2) is 58.5 Å². The molecule has 0 fully saturated rings. The van der Waals surface area contributed by atoms with Crippen LogP contribution in [-0.2, 0) is 4.79 Å².